The fourth-order valence-corrected chi connectivity index (χ4v) is 4.06. The maximum atomic E-state index is 11.0. The van der Waals surface area contributed by atoms with Crippen LogP contribution in [0.4, 0.5) is 0 Å². The van der Waals surface area contributed by atoms with E-state index in [0.717, 1.165) is 22.5 Å². The minimum absolute atomic E-state index is 0.0729. The number of hydrogen-bond acceptors (Lipinski definition) is 3. The third-order valence-electron chi connectivity index (χ3n) is 3.88. The van der Waals surface area contributed by atoms with E-state index in [2.05, 4.69) is 31.5 Å². The van der Waals surface area contributed by atoms with Gasteiger partial charge in [-0.15, -0.1) is 11.8 Å². The van der Waals surface area contributed by atoms with E-state index in [1.165, 1.54) is 10.5 Å². The summed E-state index contributed by atoms with van der Waals surface area (Å²) in [6, 6.07) is 13.8. The number of nitrogens with zero attached hydrogens (tertiary/aromatic N) is 1. The molecule has 0 unspecified atom stereocenters. The molecule has 2 N–H and O–H groups in total. The first-order valence-electron chi connectivity index (χ1n) is 8.69. The van der Waals surface area contributed by atoms with Crippen molar-refractivity contribution >= 4 is 40.2 Å². The summed E-state index contributed by atoms with van der Waals surface area (Å²) >= 11 is 7.81. The second-order valence-electron chi connectivity index (χ2n) is 7.40. The zero-order chi connectivity index (χ0) is 19.6. The number of carbonyl (C=O) groups is 1. The van der Waals surface area contributed by atoms with Gasteiger partial charge >= 0.3 is 0 Å². The number of carbonyl (C=O) groups excluding carboxylic acids is 1. The van der Waals surface area contributed by atoms with Crippen LogP contribution in [0.2, 0.25) is 5.02 Å². The van der Waals surface area contributed by atoms with Gasteiger partial charge in [-0.05, 0) is 35.9 Å². The topological polar surface area (TPSA) is 57.2 Å². The van der Waals surface area contributed by atoms with Crippen molar-refractivity contribution in [3.8, 4) is 5.75 Å². The molecule has 1 amide bonds. The van der Waals surface area contributed by atoms with Gasteiger partial charge in [0.05, 0.1) is 0 Å². The molecule has 0 spiro atoms. The summed E-state index contributed by atoms with van der Waals surface area (Å²) in [5.74, 6) is 0.154. The van der Waals surface area contributed by atoms with Crippen LogP contribution in [0.5, 0.6) is 5.75 Å². The molecule has 1 heterocycles. The molecule has 2 aromatic carbocycles. The van der Waals surface area contributed by atoms with Crippen molar-refractivity contribution in [1.82, 2.24) is 4.57 Å². The van der Waals surface area contributed by atoms with Gasteiger partial charge in [0.2, 0.25) is 0 Å². The van der Waals surface area contributed by atoms with E-state index in [9.17, 15) is 4.79 Å². The normalized spacial score (nSPS) is 11.7. The van der Waals surface area contributed by atoms with E-state index in [-0.39, 0.29) is 11.4 Å². The Labute approximate surface area is 168 Å². The number of benzene rings is 2. The zero-order valence-corrected chi connectivity index (χ0v) is 17.2. The lowest BCUT2D eigenvalue weighted by atomic mass is 10.2. The van der Waals surface area contributed by atoms with Crippen molar-refractivity contribution in [3.05, 3.63) is 59.2 Å². The van der Waals surface area contributed by atoms with Crippen LogP contribution < -0.4 is 10.5 Å². The predicted molar refractivity (Wildman–Crippen MR) is 113 cm³/mol. The number of hydrogen-bond donors (Lipinski definition) is 1. The molecule has 0 atom stereocenters. The number of rotatable bonds is 6. The molecule has 27 heavy (non-hydrogen) atoms. The molecule has 0 aliphatic heterocycles. The van der Waals surface area contributed by atoms with E-state index in [4.69, 9.17) is 22.1 Å². The Morgan fingerprint density at radius 1 is 1.19 bits per heavy atom. The van der Waals surface area contributed by atoms with Crippen molar-refractivity contribution in [2.75, 3.05) is 6.61 Å². The van der Waals surface area contributed by atoms with Gasteiger partial charge in [-0.2, -0.15) is 0 Å². The molecular formula is C21H23ClN2O2S. The number of halogens is 1. The molecule has 6 heteroatoms. The summed E-state index contributed by atoms with van der Waals surface area (Å²) in [5.41, 5.74) is 7.48. The molecule has 3 aromatic rings. The van der Waals surface area contributed by atoms with Gasteiger partial charge in [0.25, 0.3) is 5.91 Å². The molecule has 0 fully saturated rings. The molecule has 4 nitrogen and oxygen atoms in total. The number of fused-ring (bicyclic) bond motifs is 1. The third-order valence-corrected chi connectivity index (χ3v) is 5.29. The number of amides is 1. The van der Waals surface area contributed by atoms with E-state index >= 15 is 0 Å². The van der Waals surface area contributed by atoms with E-state index in [1.807, 2.05) is 54.2 Å². The summed E-state index contributed by atoms with van der Waals surface area (Å²) in [6.07, 6.45) is 2.17. The summed E-state index contributed by atoms with van der Waals surface area (Å²) < 4.78 is 7.79. The lowest BCUT2D eigenvalue weighted by Crippen LogP contribution is -2.19. The fraction of sp³-hybridized carbons (Fsp3) is 0.286. The van der Waals surface area contributed by atoms with Crippen molar-refractivity contribution in [3.63, 3.8) is 0 Å². The molecule has 1 aromatic heterocycles. The second kappa shape index (κ2) is 7.87. The molecule has 0 saturated heterocycles. The van der Waals surface area contributed by atoms with Crippen LogP contribution in [0.25, 0.3) is 10.9 Å². The molecule has 0 radical (unpaired) electrons. The van der Waals surface area contributed by atoms with Gasteiger partial charge in [-0.1, -0.05) is 44.5 Å². The molecule has 0 aliphatic rings. The minimum Gasteiger partial charge on any atom is -0.484 e. The first-order valence-corrected chi connectivity index (χ1v) is 9.88. The standard InChI is InChI=1S/C21H23ClN2O2S/c1-21(2,3)27-19-12-24(11-14-4-6-15(22)7-5-14)18-9-8-16(10-17(18)19)26-13-20(23)25/h4-10,12H,11,13H2,1-3H3,(H2,23,25). The lowest BCUT2D eigenvalue weighted by Gasteiger charge is -2.16. The van der Waals surface area contributed by atoms with Crippen molar-refractivity contribution in [1.29, 1.82) is 0 Å². The molecule has 0 saturated carbocycles. The average Bonchev–Trinajstić information content (AvgIpc) is 2.90. The largest absolute Gasteiger partial charge is 0.484 e. The molecule has 3 rings (SSSR count). The van der Waals surface area contributed by atoms with Gasteiger partial charge in [0.15, 0.2) is 6.61 Å². The lowest BCUT2D eigenvalue weighted by molar-refractivity contribution is -0.119. The SMILES string of the molecule is CC(C)(C)Sc1cn(Cc2ccc(Cl)cc2)c2ccc(OCC(N)=O)cc12. The molecule has 142 valence electrons. The van der Waals surface area contributed by atoms with Gasteiger partial charge in [0.1, 0.15) is 5.75 Å². The fourth-order valence-electron chi connectivity index (χ4n) is 2.82. The Bertz CT molecular complexity index is 959. The van der Waals surface area contributed by atoms with Gasteiger partial charge < -0.3 is 15.0 Å². The van der Waals surface area contributed by atoms with Crippen molar-refractivity contribution in [2.45, 2.75) is 37.0 Å². The van der Waals surface area contributed by atoms with Gasteiger partial charge in [-0.25, -0.2) is 0 Å². The smallest absolute Gasteiger partial charge is 0.255 e. The zero-order valence-electron chi connectivity index (χ0n) is 15.7. The Hall–Kier alpha value is -2.11. The van der Waals surface area contributed by atoms with Gasteiger partial charge in [-0.3, -0.25) is 4.79 Å². The number of thioether (sulfide) groups is 1. The number of ether oxygens (including phenoxy) is 1. The van der Waals surface area contributed by atoms with E-state index < -0.39 is 5.91 Å². The Morgan fingerprint density at radius 2 is 1.89 bits per heavy atom. The summed E-state index contributed by atoms with van der Waals surface area (Å²) in [5, 5.41) is 1.84. The van der Waals surface area contributed by atoms with Crippen LogP contribution in [0.1, 0.15) is 26.3 Å². The average molecular weight is 403 g/mol. The van der Waals surface area contributed by atoms with E-state index in [1.54, 1.807) is 0 Å². The first kappa shape index (κ1) is 19.6. The highest BCUT2D eigenvalue weighted by Gasteiger charge is 2.18. The predicted octanol–water partition coefficient (Wildman–Crippen LogP) is 5.10. The quantitative estimate of drug-likeness (QED) is 0.583. The first-order chi connectivity index (χ1) is 12.7. The highest BCUT2D eigenvalue weighted by Crippen LogP contribution is 2.39. The summed E-state index contributed by atoms with van der Waals surface area (Å²) in [6.45, 7) is 7.19. The van der Waals surface area contributed by atoms with Gasteiger partial charge in [0, 0.05) is 38.3 Å². The number of aromatic nitrogens is 1. The second-order valence-corrected chi connectivity index (χ2v) is 9.70. The highest BCUT2D eigenvalue weighted by atomic mass is 35.5. The van der Waals surface area contributed by atoms with Crippen molar-refractivity contribution in [2.24, 2.45) is 5.73 Å². The minimum atomic E-state index is -0.486. The Morgan fingerprint density at radius 3 is 2.52 bits per heavy atom. The Kier molecular flexibility index (Phi) is 5.72. The summed E-state index contributed by atoms with van der Waals surface area (Å²) in [7, 11) is 0. The molecular weight excluding hydrogens is 380 g/mol. The van der Waals surface area contributed by atoms with Crippen LogP contribution >= 0.6 is 23.4 Å². The monoisotopic (exact) mass is 402 g/mol. The molecule has 0 aliphatic carbocycles. The van der Waals surface area contributed by atoms with Crippen LogP contribution in [-0.4, -0.2) is 21.8 Å². The van der Waals surface area contributed by atoms with Crippen LogP contribution in [0.15, 0.2) is 53.6 Å². The maximum Gasteiger partial charge on any atom is 0.255 e. The summed E-state index contributed by atoms with van der Waals surface area (Å²) in [4.78, 5) is 12.2. The van der Waals surface area contributed by atoms with Crippen molar-refractivity contribution < 1.29 is 9.53 Å². The third kappa shape index (κ3) is 5.21. The van der Waals surface area contributed by atoms with Crippen LogP contribution in [-0.2, 0) is 11.3 Å². The van der Waals surface area contributed by atoms with E-state index in [0.29, 0.717) is 5.75 Å². The van der Waals surface area contributed by atoms with Crippen LogP contribution in [0, 0.1) is 0 Å². The van der Waals surface area contributed by atoms with Crippen LogP contribution in [0.3, 0.4) is 0 Å². The maximum absolute atomic E-state index is 11.0. The Balaban J connectivity index is 2.00. The number of nitrogens with two attached hydrogens (primary N) is 1. The number of primary amides is 1. The highest BCUT2D eigenvalue weighted by molar-refractivity contribution is 8.00. The molecule has 0 bridgehead atoms.